The molecule has 0 heterocycles. The van der Waals surface area contributed by atoms with Crippen molar-refractivity contribution in [3.8, 4) is 6.07 Å². The molecule has 0 saturated carbocycles. The zero-order valence-electron chi connectivity index (χ0n) is 8.08. The van der Waals surface area contributed by atoms with Crippen molar-refractivity contribution in [2.75, 3.05) is 0 Å². The summed E-state index contributed by atoms with van der Waals surface area (Å²) in [4.78, 5) is 11.0. The Morgan fingerprint density at radius 1 is 1.57 bits per heavy atom. The summed E-state index contributed by atoms with van der Waals surface area (Å²) in [5.41, 5.74) is 2.22. The van der Waals surface area contributed by atoms with Crippen molar-refractivity contribution < 1.29 is 4.79 Å². The minimum atomic E-state index is -0.228. The van der Waals surface area contributed by atoms with Gasteiger partial charge in [0.25, 0.3) is 0 Å². The SMILES string of the molecule is Bc1cccc(CNC(=O)CC#N)c1. The molecule has 0 atom stereocenters. The lowest BCUT2D eigenvalue weighted by molar-refractivity contribution is -0.120. The smallest absolute Gasteiger partial charge is 0.234 e. The first-order valence-corrected chi connectivity index (χ1v) is 4.41. The summed E-state index contributed by atoms with van der Waals surface area (Å²) in [5.74, 6) is -0.228. The third kappa shape index (κ3) is 3.32. The molecule has 4 heteroatoms. The lowest BCUT2D eigenvalue weighted by Gasteiger charge is -2.03. The average molecular weight is 186 g/mol. The van der Waals surface area contributed by atoms with E-state index >= 15 is 0 Å². The topological polar surface area (TPSA) is 52.9 Å². The Labute approximate surface area is 84.1 Å². The van der Waals surface area contributed by atoms with Crippen LogP contribution in [0.2, 0.25) is 0 Å². The fourth-order valence-electron chi connectivity index (χ4n) is 1.16. The first-order chi connectivity index (χ1) is 6.72. The fraction of sp³-hybridized carbons (Fsp3) is 0.200. The Kier molecular flexibility index (Phi) is 3.75. The molecule has 0 aromatic heterocycles. The molecule has 0 aliphatic heterocycles. The van der Waals surface area contributed by atoms with Crippen molar-refractivity contribution in [2.45, 2.75) is 13.0 Å². The van der Waals surface area contributed by atoms with Crippen molar-refractivity contribution in [2.24, 2.45) is 0 Å². The quantitative estimate of drug-likeness (QED) is 0.645. The van der Waals surface area contributed by atoms with Crippen LogP contribution in [-0.2, 0) is 11.3 Å². The zero-order chi connectivity index (χ0) is 10.4. The number of nitrogens with zero attached hydrogens (tertiary/aromatic N) is 1. The van der Waals surface area contributed by atoms with E-state index in [0.717, 1.165) is 11.0 Å². The highest BCUT2D eigenvalue weighted by atomic mass is 16.1. The highest BCUT2D eigenvalue weighted by Crippen LogP contribution is 1.95. The maximum absolute atomic E-state index is 11.0. The molecule has 3 nitrogen and oxygen atoms in total. The lowest BCUT2D eigenvalue weighted by Crippen LogP contribution is -2.22. The molecule has 0 bridgehead atoms. The van der Waals surface area contributed by atoms with Gasteiger partial charge in [-0.3, -0.25) is 4.79 Å². The zero-order valence-corrected chi connectivity index (χ0v) is 8.08. The summed E-state index contributed by atoms with van der Waals surface area (Å²) in [6.45, 7) is 0.488. The highest BCUT2D eigenvalue weighted by Gasteiger charge is 1.99. The van der Waals surface area contributed by atoms with Crippen LogP contribution >= 0.6 is 0 Å². The molecule has 0 aliphatic rings. The Morgan fingerprint density at radius 2 is 2.36 bits per heavy atom. The van der Waals surface area contributed by atoms with Crippen LogP contribution < -0.4 is 10.8 Å². The Balaban J connectivity index is 2.46. The normalized spacial score (nSPS) is 9.07. The van der Waals surface area contributed by atoms with Gasteiger partial charge in [0.1, 0.15) is 14.3 Å². The van der Waals surface area contributed by atoms with Gasteiger partial charge in [-0.15, -0.1) is 0 Å². The lowest BCUT2D eigenvalue weighted by atomic mass is 9.94. The Hall–Kier alpha value is -1.76. The van der Waals surface area contributed by atoms with E-state index in [1.807, 2.05) is 32.1 Å². The second-order valence-electron chi connectivity index (χ2n) is 3.10. The van der Waals surface area contributed by atoms with Gasteiger partial charge in [0, 0.05) is 6.54 Å². The Morgan fingerprint density at radius 3 is 3.00 bits per heavy atom. The predicted molar refractivity (Wildman–Crippen MR) is 56.7 cm³/mol. The van der Waals surface area contributed by atoms with Crippen LogP contribution in [0.1, 0.15) is 12.0 Å². The van der Waals surface area contributed by atoms with Crippen molar-refractivity contribution in [3.63, 3.8) is 0 Å². The number of benzene rings is 1. The molecule has 0 fully saturated rings. The van der Waals surface area contributed by atoms with Gasteiger partial charge in [0.15, 0.2) is 0 Å². The number of nitrogens with one attached hydrogen (secondary N) is 1. The van der Waals surface area contributed by atoms with Gasteiger partial charge in [0.2, 0.25) is 5.91 Å². The third-order valence-electron chi connectivity index (χ3n) is 1.81. The molecule has 1 amide bonds. The molecule has 14 heavy (non-hydrogen) atoms. The number of rotatable bonds is 3. The van der Waals surface area contributed by atoms with Crippen molar-refractivity contribution in [1.29, 1.82) is 5.26 Å². The van der Waals surface area contributed by atoms with Crippen LogP contribution in [0.3, 0.4) is 0 Å². The molecule has 0 spiro atoms. The standard InChI is InChI=1S/C10H11BN2O/c11-9-3-1-2-8(6-9)7-13-10(14)4-5-12/h1-3,6H,4,7,11H2,(H,13,14). The maximum Gasteiger partial charge on any atom is 0.234 e. The molecule has 0 aliphatic carbocycles. The minimum Gasteiger partial charge on any atom is -0.351 e. The molecular weight excluding hydrogens is 175 g/mol. The molecule has 0 radical (unpaired) electrons. The van der Waals surface area contributed by atoms with E-state index in [-0.39, 0.29) is 12.3 Å². The second kappa shape index (κ2) is 5.08. The summed E-state index contributed by atoms with van der Waals surface area (Å²) < 4.78 is 0. The predicted octanol–water partition coefficient (Wildman–Crippen LogP) is -0.525. The van der Waals surface area contributed by atoms with Crippen LogP contribution in [0, 0.1) is 11.3 Å². The van der Waals surface area contributed by atoms with Crippen LogP contribution in [-0.4, -0.2) is 13.8 Å². The van der Waals surface area contributed by atoms with E-state index in [1.165, 1.54) is 0 Å². The third-order valence-corrected chi connectivity index (χ3v) is 1.81. The summed E-state index contributed by atoms with van der Waals surface area (Å²) in [7, 11) is 2.00. The van der Waals surface area contributed by atoms with E-state index in [0.29, 0.717) is 6.54 Å². The van der Waals surface area contributed by atoms with E-state index in [1.54, 1.807) is 6.07 Å². The van der Waals surface area contributed by atoms with Gasteiger partial charge in [-0.05, 0) is 5.56 Å². The minimum absolute atomic E-state index is 0.0776. The van der Waals surface area contributed by atoms with E-state index in [4.69, 9.17) is 5.26 Å². The second-order valence-corrected chi connectivity index (χ2v) is 3.10. The number of nitriles is 1. The molecule has 1 N–H and O–H groups in total. The first kappa shape index (κ1) is 10.3. The average Bonchev–Trinajstić information content (AvgIpc) is 2.15. The molecule has 1 aromatic rings. The Bertz CT molecular complexity index is 371. The summed E-state index contributed by atoms with van der Waals surface area (Å²) in [6.07, 6.45) is -0.0776. The molecule has 1 aromatic carbocycles. The van der Waals surface area contributed by atoms with Gasteiger partial charge in [0.05, 0.1) is 6.07 Å². The number of hydrogen-bond acceptors (Lipinski definition) is 2. The fourth-order valence-corrected chi connectivity index (χ4v) is 1.16. The van der Waals surface area contributed by atoms with Gasteiger partial charge < -0.3 is 5.32 Å². The van der Waals surface area contributed by atoms with Crippen molar-refractivity contribution in [1.82, 2.24) is 5.32 Å². The van der Waals surface area contributed by atoms with Gasteiger partial charge in [-0.1, -0.05) is 29.7 Å². The maximum atomic E-state index is 11.0. The van der Waals surface area contributed by atoms with Crippen LogP contribution in [0.25, 0.3) is 0 Å². The largest absolute Gasteiger partial charge is 0.351 e. The highest BCUT2D eigenvalue weighted by molar-refractivity contribution is 6.32. The van der Waals surface area contributed by atoms with Crippen molar-refractivity contribution >= 4 is 19.2 Å². The van der Waals surface area contributed by atoms with E-state index in [9.17, 15) is 4.79 Å². The summed E-state index contributed by atoms with van der Waals surface area (Å²) >= 11 is 0. The first-order valence-electron chi connectivity index (χ1n) is 4.41. The van der Waals surface area contributed by atoms with Crippen LogP contribution in [0.15, 0.2) is 24.3 Å². The molecular formula is C10H11BN2O. The van der Waals surface area contributed by atoms with Crippen LogP contribution in [0.4, 0.5) is 0 Å². The van der Waals surface area contributed by atoms with Gasteiger partial charge in [-0.25, -0.2) is 0 Å². The summed E-state index contributed by atoms with van der Waals surface area (Å²) in [5, 5.41) is 10.9. The molecule has 0 saturated heterocycles. The monoisotopic (exact) mass is 186 g/mol. The van der Waals surface area contributed by atoms with E-state index < -0.39 is 0 Å². The number of amides is 1. The number of hydrogen-bond donors (Lipinski definition) is 1. The van der Waals surface area contributed by atoms with E-state index in [2.05, 4.69) is 5.32 Å². The number of carbonyl (C=O) groups excluding carboxylic acids is 1. The van der Waals surface area contributed by atoms with Crippen molar-refractivity contribution in [3.05, 3.63) is 29.8 Å². The molecule has 0 unspecified atom stereocenters. The number of carbonyl (C=O) groups is 1. The summed E-state index contributed by atoms with van der Waals surface area (Å²) in [6, 6.07) is 9.70. The molecule has 70 valence electrons. The van der Waals surface area contributed by atoms with Crippen LogP contribution in [0.5, 0.6) is 0 Å². The molecule has 1 rings (SSSR count). The van der Waals surface area contributed by atoms with Gasteiger partial charge in [-0.2, -0.15) is 5.26 Å². The van der Waals surface area contributed by atoms with Gasteiger partial charge >= 0.3 is 0 Å².